The van der Waals surface area contributed by atoms with E-state index in [0.29, 0.717) is 23.6 Å². The normalized spacial score (nSPS) is 20.7. The molecule has 0 unspecified atom stereocenters. The van der Waals surface area contributed by atoms with Gasteiger partial charge in [0.05, 0.1) is 0 Å². The number of aryl methyl sites for hydroxylation is 1. The summed E-state index contributed by atoms with van der Waals surface area (Å²) in [6, 6.07) is 10.8. The average molecular weight is 436 g/mol. The second kappa shape index (κ2) is 7.56. The lowest BCUT2D eigenvalue weighted by Gasteiger charge is -2.33. The molecule has 2 aromatic carbocycles. The van der Waals surface area contributed by atoms with E-state index < -0.39 is 36.0 Å². The van der Waals surface area contributed by atoms with Gasteiger partial charge in [-0.3, -0.25) is 19.8 Å². The minimum absolute atomic E-state index is 0.0986. The van der Waals surface area contributed by atoms with Gasteiger partial charge in [-0.1, -0.05) is 24.3 Å². The number of carbonyl (C=O) groups excluding carboxylic acids is 4. The Hall–Kier alpha value is -4.08. The molecule has 2 heterocycles. The molecular weight excluding hydrogens is 416 g/mol. The first kappa shape index (κ1) is 19.9. The third-order valence-corrected chi connectivity index (χ3v) is 5.84. The van der Waals surface area contributed by atoms with Crippen LogP contribution in [0.15, 0.2) is 42.5 Å². The predicted molar refractivity (Wildman–Crippen MR) is 111 cm³/mol. The molecule has 10 nitrogen and oxygen atoms in total. The number of hydrogen-bond donors (Lipinski definition) is 3. The first-order valence-corrected chi connectivity index (χ1v) is 10.2. The van der Waals surface area contributed by atoms with Gasteiger partial charge in [0.1, 0.15) is 12.1 Å². The summed E-state index contributed by atoms with van der Waals surface area (Å²) in [6.45, 7) is -0.468. The maximum atomic E-state index is 13.2. The van der Waals surface area contributed by atoms with Crippen molar-refractivity contribution in [3.8, 4) is 11.5 Å². The van der Waals surface area contributed by atoms with Crippen molar-refractivity contribution in [2.24, 2.45) is 0 Å². The molecule has 0 bridgehead atoms. The van der Waals surface area contributed by atoms with Gasteiger partial charge < -0.3 is 20.1 Å². The molecular formula is C22H20N4O6. The van der Waals surface area contributed by atoms with E-state index in [1.54, 1.807) is 18.2 Å². The number of urea groups is 2. The van der Waals surface area contributed by atoms with Gasteiger partial charge in [0.15, 0.2) is 11.5 Å². The Morgan fingerprint density at radius 1 is 1.09 bits per heavy atom. The molecule has 0 aromatic heterocycles. The van der Waals surface area contributed by atoms with Crippen LogP contribution in [0.5, 0.6) is 11.5 Å². The van der Waals surface area contributed by atoms with Gasteiger partial charge >= 0.3 is 12.1 Å². The summed E-state index contributed by atoms with van der Waals surface area (Å²) in [5.41, 5.74) is 0.989. The molecule has 1 aliphatic carbocycles. The Morgan fingerprint density at radius 2 is 1.91 bits per heavy atom. The smallest absolute Gasteiger partial charge is 0.325 e. The zero-order chi connectivity index (χ0) is 22.3. The number of amides is 6. The van der Waals surface area contributed by atoms with Gasteiger partial charge in [0, 0.05) is 11.8 Å². The highest BCUT2D eigenvalue weighted by Gasteiger charge is 2.54. The number of nitrogens with one attached hydrogen (secondary N) is 3. The summed E-state index contributed by atoms with van der Waals surface area (Å²) in [5, 5.41) is 7.43. The Labute approximate surface area is 182 Å². The molecule has 10 heteroatoms. The van der Waals surface area contributed by atoms with E-state index in [1.807, 2.05) is 24.3 Å². The number of benzene rings is 2. The minimum atomic E-state index is -1.17. The van der Waals surface area contributed by atoms with Crippen LogP contribution in [0.3, 0.4) is 0 Å². The summed E-state index contributed by atoms with van der Waals surface area (Å²) < 4.78 is 10.5. The molecule has 2 aliphatic heterocycles. The Morgan fingerprint density at radius 3 is 2.78 bits per heavy atom. The lowest BCUT2D eigenvalue weighted by Crippen LogP contribution is -2.47. The number of imide groups is 2. The van der Waals surface area contributed by atoms with Crippen molar-refractivity contribution < 1.29 is 28.7 Å². The maximum absolute atomic E-state index is 13.2. The van der Waals surface area contributed by atoms with Crippen molar-refractivity contribution >= 4 is 29.6 Å². The van der Waals surface area contributed by atoms with Gasteiger partial charge in [-0.15, -0.1) is 0 Å². The minimum Gasteiger partial charge on any atom is -0.454 e. The molecule has 3 N–H and O–H groups in total. The maximum Gasteiger partial charge on any atom is 0.325 e. The second-order valence-electron chi connectivity index (χ2n) is 7.81. The zero-order valence-corrected chi connectivity index (χ0v) is 17.0. The number of fused-ring (bicyclic) bond motifs is 3. The highest BCUT2D eigenvalue weighted by Crippen LogP contribution is 2.39. The second-order valence-corrected chi connectivity index (χ2v) is 7.81. The SMILES string of the molecule is O=C(CN1C(=O)N[C@]2(CCCc3ccccc32)C1=O)NC(=O)Nc1ccc2c(c1)OCO2. The van der Waals surface area contributed by atoms with Gasteiger partial charge in [0.25, 0.3) is 5.91 Å². The fraction of sp³-hybridized carbons (Fsp3) is 0.273. The first-order valence-electron chi connectivity index (χ1n) is 10.2. The number of carbonyl (C=O) groups is 4. The molecule has 0 saturated carbocycles. The van der Waals surface area contributed by atoms with E-state index in [0.717, 1.165) is 28.9 Å². The van der Waals surface area contributed by atoms with E-state index in [1.165, 1.54) is 0 Å². The molecule has 0 radical (unpaired) electrons. The molecule has 1 fully saturated rings. The monoisotopic (exact) mass is 436 g/mol. The van der Waals surface area contributed by atoms with E-state index in [9.17, 15) is 19.2 Å². The first-order chi connectivity index (χ1) is 15.5. The summed E-state index contributed by atoms with van der Waals surface area (Å²) in [6.07, 6.45) is 2.01. The van der Waals surface area contributed by atoms with Crippen LogP contribution in [0.4, 0.5) is 15.3 Å². The van der Waals surface area contributed by atoms with Crippen LogP contribution < -0.4 is 25.4 Å². The van der Waals surface area contributed by atoms with Gasteiger partial charge in [0.2, 0.25) is 12.7 Å². The molecule has 6 amide bonds. The van der Waals surface area contributed by atoms with Crippen LogP contribution >= 0.6 is 0 Å². The lowest BCUT2D eigenvalue weighted by atomic mass is 9.76. The largest absolute Gasteiger partial charge is 0.454 e. The van der Waals surface area contributed by atoms with E-state index >= 15 is 0 Å². The topological polar surface area (TPSA) is 126 Å². The van der Waals surface area contributed by atoms with E-state index in [4.69, 9.17) is 9.47 Å². The van der Waals surface area contributed by atoms with E-state index in [2.05, 4.69) is 16.0 Å². The fourth-order valence-electron chi connectivity index (χ4n) is 4.40. The zero-order valence-electron chi connectivity index (χ0n) is 17.0. The van der Waals surface area contributed by atoms with E-state index in [-0.39, 0.29) is 6.79 Å². The molecule has 1 spiro atoms. The highest BCUT2D eigenvalue weighted by atomic mass is 16.7. The fourth-order valence-corrected chi connectivity index (χ4v) is 4.40. The Balaban J connectivity index is 1.24. The van der Waals surface area contributed by atoms with Gasteiger partial charge in [-0.25, -0.2) is 9.59 Å². The molecule has 1 atom stereocenters. The highest BCUT2D eigenvalue weighted by molar-refractivity contribution is 6.11. The van der Waals surface area contributed by atoms with Crippen LogP contribution in [-0.2, 0) is 21.5 Å². The number of anilines is 1. The molecule has 2 aromatic rings. The van der Waals surface area contributed by atoms with Crippen LogP contribution in [-0.4, -0.2) is 42.1 Å². The van der Waals surface area contributed by atoms with Crippen LogP contribution in [0, 0.1) is 0 Å². The molecule has 164 valence electrons. The third kappa shape index (κ3) is 3.29. The number of hydrogen-bond acceptors (Lipinski definition) is 6. The van der Waals surface area contributed by atoms with Crippen molar-refractivity contribution in [2.75, 3.05) is 18.7 Å². The van der Waals surface area contributed by atoms with Crippen molar-refractivity contribution in [3.05, 3.63) is 53.6 Å². The Kier molecular flexibility index (Phi) is 4.69. The summed E-state index contributed by atoms with van der Waals surface area (Å²) >= 11 is 0. The summed E-state index contributed by atoms with van der Waals surface area (Å²) in [7, 11) is 0. The summed E-state index contributed by atoms with van der Waals surface area (Å²) in [4.78, 5) is 51.2. The van der Waals surface area contributed by atoms with Gasteiger partial charge in [-0.05, 0) is 42.5 Å². The van der Waals surface area contributed by atoms with Crippen molar-refractivity contribution in [3.63, 3.8) is 0 Å². The molecule has 32 heavy (non-hydrogen) atoms. The number of nitrogens with zero attached hydrogens (tertiary/aromatic N) is 1. The van der Waals surface area contributed by atoms with Crippen LogP contribution in [0.1, 0.15) is 24.0 Å². The van der Waals surface area contributed by atoms with Crippen LogP contribution in [0.25, 0.3) is 0 Å². The van der Waals surface area contributed by atoms with Crippen molar-refractivity contribution in [2.45, 2.75) is 24.8 Å². The average Bonchev–Trinajstić information content (AvgIpc) is 3.32. The predicted octanol–water partition coefficient (Wildman–Crippen LogP) is 1.85. The third-order valence-electron chi connectivity index (χ3n) is 5.84. The summed E-state index contributed by atoms with van der Waals surface area (Å²) in [5.74, 6) is -0.232. The standard InChI is InChI=1S/C22H20N4O6/c27-18(24-20(29)23-14-7-8-16-17(10-14)32-12-31-16)11-26-19(28)22(25-21(26)30)9-3-5-13-4-1-2-6-15(13)22/h1-2,4,6-8,10H,3,5,9,11-12H2,(H,25,30)(H2,23,24,27,29)/t22-/m0/s1. The van der Waals surface area contributed by atoms with Crippen molar-refractivity contribution in [1.82, 2.24) is 15.5 Å². The number of ether oxygens (including phenoxy) is 2. The molecule has 3 aliphatic rings. The van der Waals surface area contributed by atoms with Crippen molar-refractivity contribution in [1.29, 1.82) is 0 Å². The van der Waals surface area contributed by atoms with Gasteiger partial charge in [-0.2, -0.15) is 0 Å². The van der Waals surface area contributed by atoms with Crippen LogP contribution in [0.2, 0.25) is 0 Å². The number of rotatable bonds is 3. The Bertz CT molecular complexity index is 1150. The molecule has 5 rings (SSSR count). The molecule has 1 saturated heterocycles. The lowest BCUT2D eigenvalue weighted by molar-refractivity contribution is -0.135. The quantitative estimate of drug-likeness (QED) is 0.631.